The van der Waals surface area contributed by atoms with Crippen molar-refractivity contribution < 1.29 is 9.90 Å². The summed E-state index contributed by atoms with van der Waals surface area (Å²) in [5.74, 6) is 2.10. The summed E-state index contributed by atoms with van der Waals surface area (Å²) >= 11 is 0. The fourth-order valence-corrected chi connectivity index (χ4v) is 3.09. The molecule has 0 aliphatic rings. The second-order valence-corrected chi connectivity index (χ2v) is 7.05. The average Bonchev–Trinajstić information content (AvgIpc) is 3.01. The molecular weight excluding hydrogens is 312 g/mol. The zero-order valence-electron chi connectivity index (χ0n) is 17.1. The van der Waals surface area contributed by atoms with Gasteiger partial charge in [0.15, 0.2) is 0 Å². The third-order valence-electron chi connectivity index (χ3n) is 4.81. The molecule has 0 saturated heterocycles. The molecule has 0 fully saturated rings. The van der Waals surface area contributed by atoms with E-state index in [0.717, 1.165) is 31.7 Å². The van der Waals surface area contributed by atoms with E-state index < -0.39 is 5.97 Å². The lowest BCUT2D eigenvalue weighted by Gasteiger charge is -2.19. The molecule has 0 aliphatic carbocycles. The topological polar surface area (TPSA) is 55.1 Å². The molecule has 2 atom stereocenters. The van der Waals surface area contributed by atoms with Gasteiger partial charge in [0.1, 0.15) is 5.82 Å². The van der Waals surface area contributed by atoms with Crippen LogP contribution in [-0.4, -0.2) is 20.6 Å². The first-order valence-electron chi connectivity index (χ1n) is 10.2. The molecule has 1 N–H and O–H groups in total. The van der Waals surface area contributed by atoms with E-state index in [0.29, 0.717) is 0 Å². The predicted octanol–water partition coefficient (Wildman–Crippen LogP) is 5.95. The van der Waals surface area contributed by atoms with E-state index in [2.05, 4.69) is 43.4 Å². The van der Waals surface area contributed by atoms with Crippen molar-refractivity contribution in [3.05, 3.63) is 18.2 Å². The van der Waals surface area contributed by atoms with Gasteiger partial charge in [-0.15, -0.1) is 0 Å². The van der Waals surface area contributed by atoms with Crippen molar-refractivity contribution in [1.29, 1.82) is 0 Å². The number of nitrogens with zero attached hydrogens (tertiary/aromatic N) is 2. The molecule has 0 amide bonds. The summed E-state index contributed by atoms with van der Waals surface area (Å²) in [4.78, 5) is 13.6. The Morgan fingerprint density at radius 2 is 1.60 bits per heavy atom. The molecular formula is C21H40N2O2. The highest BCUT2D eigenvalue weighted by atomic mass is 16.4. The molecule has 0 aromatic carbocycles. The van der Waals surface area contributed by atoms with Crippen molar-refractivity contribution in [2.45, 2.75) is 99.0 Å². The molecule has 0 radical (unpaired) electrons. The largest absolute Gasteiger partial charge is 0.481 e. The van der Waals surface area contributed by atoms with Crippen LogP contribution >= 0.6 is 0 Å². The number of hydrogen-bond donors (Lipinski definition) is 1. The molecule has 1 aromatic heterocycles. The summed E-state index contributed by atoms with van der Waals surface area (Å²) < 4.78 is 2.43. The second kappa shape index (κ2) is 15.0. The van der Waals surface area contributed by atoms with Crippen LogP contribution in [0.1, 0.15) is 91.8 Å². The number of rotatable bonds is 12. The van der Waals surface area contributed by atoms with E-state index >= 15 is 0 Å². The first-order chi connectivity index (χ1) is 12.0. The van der Waals surface area contributed by atoms with Crippen molar-refractivity contribution in [2.24, 2.45) is 11.8 Å². The third-order valence-corrected chi connectivity index (χ3v) is 4.81. The summed E-state index contributed by atoms with van der Waals surface area (Å²) in [5, 5.41) is 7.42. The van der Waals surface area contributed by atoms with Crippen LogP contribution < -0.4 is 0 Å². The number of carbonyl (C=O) groups is 1. The maximum Gasteiger partial charge on any atom is 0.300 e. The van der Waals surface area contributed by atoms with Crippen molar-refractivity contribution >= 4 is 5.97 Å². The summed E-state index contributed by atoms with van der Waals surface area (Å²) in [5.41, 5.74) is 0. The Bertz CT molecular complexity index is 406. The molecule has 2 unspecified atom stereocenters. The smallest absolute Gasteiger partial charge is 0.300 e. The Kier molecular flexibility index (Phi) is 14.2. The molecule has 1 rings (SSSR count). The molecule has 0 bridgehead atoms. The van der Waals surface area contributed by atoms with Crippen molar-refractivity contribution in [1.82, 2.24) is 9.55 Å². The Balaban J connectivity index is 0.00000129. The number of carboxylic acids is 1. The van der Waals surface area contributed by atoms with Crippen LogP contribution in [-0.2, 0) is 17.8 Å². The average molecular weight is 353 g/mol. The highest BCUT2D eigenvalue weighted by molar-refractivity contribution is 5.62. The molecule has 146 valence electrons. The molecule has 4 heteroatoms. The molecule has 4 nitrogen and oxygen atoms in total. The Morgan fingerprint density at radius 3 is 2.08 bits per heavy atom. The lowest BCUT2D eigenvalue weighted by atomic mass is 9.95. The predicted molar refractivity (Wildman–Crippen MR) is 106 cm³/mol. The number of aliphatic carboxylic acids is 1. The number of hydrogen-bond acceptors (Lipinski definition) is 2. The van der Waals surface area contributed by atoms with Gasteiger partial charge >= 0.3 is 0 Å². The maximum atomic E-state index is 9.00. The zero-order chi connectivity index (χ0) is 19.1. The summed E-state index contributed by atoms with van der Waals surface area (Å²) in [6.07, 6.45) is 15.9. The Hall–Kier alpha value is -1.32. The van der Waals surface area contributed by atoms with Crippen molar-refractivity contribution in [3.8, 4) is 0 Å². The minimum atomic E-state index is -0.833. The lowest BCUT2D eigenvalue weighted by molar-refractivity contribution is -0.134. The molecule has 0 aliphatic heterocycles. The second-order valence-electron chi connectivity index (χ2n) is 7.05. The van der Waals surface area contributed by atoms with Gasteiger partial charge in [-0.05, 0) is 18.3 Å². The van der Waals surface area contributed by atoms with Crippen LogP contribution in [0.2, 0.25) is 0 Å². The summed E-state index contributed by atoms with van der Waals surface area (Å²) in [7, 11) is 0. The summed E-state index contributed by atoms with van der Waals surface area (Å²) in [6.45, 7) is 11.5. The molecule has 1 heterocycles. The Labute approximate surface area is 155 Å². The normalized spacial score (nSPS) is 13.0. The van der Waals surface area contributed by atoms with E-state index in [4.69, 9.17) is 9.90 Å². The van der Waals surface area contributed by atoms with Gasteiger partial charge < -0.3 is 9.67 Å². The zero-order valence-corrected chi connectivity index (χ0v) is 17.1. The summed E-state index contributed by atoms with van der Waals surface area (Å²) in [6, 6.07) is 0. The third kappa shape index (κ3) is 11.8. The van der Waals surface area contributed by atoms with Gasteiger partial charge in [0.25, 0.3) is 5.97 Å². The van der Waals surface area contributed by atoms with E-state index in [9.17, 15) is 0 Å². The van der Waals surface area contributed by atoms with Crippen molar-refractivity contribution in [2.75, 3.05) is 0 Å². The number of imidazole rings is 1. The molecule has 0 saturated carbocycles. The molecule has 25 heavy (non-hydrogen) atoms. The van der Waals surface area contributed by atoms with Crippen LogP contribution in [0.5, 0.6) is 0 Å². The van der Waals surface area contributed by atoms with Crippen LogP contribution in [0.3, 0.4) is 0 Å². The SMILES string of the molecule is CC(=O)O.CCCCC(CC)Cc1nccn1CC(CC)CCCC. The lowest BCUT2D eigenvalue weighted by Crippen LogP contribution is -2.15. The maximum absolute atomic E-state index is 9.00. The van der Waals surface area contributed by atoms with Crippen LogP contribution in [0.15, 0.2) is 12.4 Å². The van der Waals surface area contributed by atoms with Gasteiger partial charge in [-0.25, -0.2) is 4.98 Å². The van der Waals surface area contributed by atoms with Crippen molar-refractivity contribution in [3.63, 3.8) is 0 Å². The van der Waals surface area contributed by atoms with Crippen LogP contribution in [0.4, 0.5) is 0 Å². The highest BCUT2D eigenvalue weighted by Gasteiger charge is 2.14. The minimum Gasteiger partial charge on any atom is -0.481 e. The van der Waals surface area contributed by atoms with Gasteiger partial charge in [-0.2, -0.15) is 0 Å². The fourth-order valence-electron chi connectivity index (χ4n) is 3.09. The van der Waals surface area contributed by atoms with Gasteiger partial charge in [-0.1, -0.05) is 72.6 Å². The van der Waals surface area contributed by atoms with Crippen LogP contribution in [0.25, 0.3) is 0 Å². The van der Waals surface area contributed by atoms with E-state index in [-0.39, 0.29) is 0 Å². The van der Waals surface area contributed by atoms with Gasteiger partial charge in [0.2, 0.25) is 0 Å². The standard InChI is InChI=1S/C19H36N2.C2H4O2/c1-5-9-11-17(7-3)15-19-20-13-14-21(19)16-18(8-4)12-10-6-2;1-2(3)4/h13-14,17-18H,5-12,15-16H2,1-4H3;1H3,(H,3,4). The van der Waals surface area contributed by atoms with E-state index in [1.54, 1.807) is 0 Å². The first kappa shape index (κ1) is 23.7. The van der Waals surface area contributed by atoms with E-state index in [1.165, 1.54) is 57.2 Å². The van der Waals surface area contributed by atoms with E-state index in [1.807, 2.05) is 6.20 Å². The molecule has 0 spiro atoms. The number of aromatic nitrogens is 2. The van der Waals surface area contributed by atoms with Gasteiger partial charge in [0.05, 0.1) is 0 Å². The number of unbranched alkanes of at least 4 members (excludes halogenated alkanes) is 2. The fraction of sp³-hybridized carbons (Fsp3) is 0.810. The minimum absolute atomic E-state index is 0.807. The quantitative estimate of drug-likeness (QED) is 0.506. The molecule has 1 aromatic rings. The number of carboxylic acid groups (broad SMARTS) is 1. The van der Waals surface area contributed by atoms with Gasteiger partial charge in [0, 0.05) is 32.3 Å². The highest BCUT2D eigenvalue weighted by Crippen LogP contribution is 2.20. The first-order valence-corrected chi connectivity index (χ1v) is 10.2. The monoisotopic (exact) mass is 352 g/mol. The Morgan fingerprint density at radius 1 is 1.08 bits per heavy atom. The van der Waals surface area contributed by atoms with Crippen LogP contribution in [0, 0.1) is 11.8 Å². The van der Waals surface area contributed by atoms with Gasteiger partial charge in [-0.3, -0.25) is 4.79 Å².